The van der Waals surface area contributed by atoms with E-state index in [1.54, 1.807) is 6.07 Å². The second-order valence-electron chi connectivity index (χ2n) is 5.53. The number of nitrogens with one attached hydrogen (secondary N) is 1. The van der Waals surface area contributed by atoms with Crippen molar-refractivity contribution in [2.24, 2.45) is 5.92 Å². The maximum absolute atomic E-state index is 12.2. The number of carbonyl (C=O) groups is 1. The number of amides is 1. The van der Waals surface area contributed by atoms with Crippen LogP contribution in [0.3, 0.4) is 0 Å². The summed E-state index contributed by atoms with van der Waals surface area (Å²) in [5.74, 6) is 0.126. The van der Waals surface area contributed by atoms with Crippen molar-refractivity contribution in [3.05, 3.63) is 27.7 Å². The van der Waals surface area contributed by atoms with Crippen LogP contribution in [0.15, 0.2) is 12.1 Å². The summed E-state index contributed by atoms with van der Waals surface area (Å²) >= 11 is 12.3. The summed E-state index contributed by atoms with van der Waals surface area (Å²) in [4.78, 5) is 14.2. The Labute approximate surface area is 135 Å². The Hall–Kier alpha value is -0.810. The van der Waals surface area contributed by atoms with Gasteiger partial charge in [0.05, 0.1) is 22.3 Å². The Morgan fingerprint density at radius 1 is 1.48 bits per heavy atom. The quantitative estimate of drug-likeness (QED) is 0.892. The van der Waals surface area contributed by atoms with E-state index in [1.807, 2.05) is 13.0 Å². The third-order valence-electron chi connectivity index (χ3n) is 3.78. The lowest BCUT2D eigenvalue weighted by Crippen LogP contribution is -2.41. The van der Waals surface area contributed by atoms with E-state index >= 15 is 0 Å². The van der Waals surface area contributed by atoms with Gasteiger partial charge in [-0.3, -0.25) is 9.69 Å². The molecule has 0 spiro atoms. The van der Waals surface area contributed by atoms with Gasteiger partial charge >= 0.3 is 0 Å². The van der Waals surface area contributed by atoms with Gasteiger partial charge in [0.1, 0.15) is 0 Å². The standard InChI is InChI=1S/C15H20Cl2N2O2/c1-10-4-5-12(16)15(14(10)17)18-13(21)8-19-6-2-3-11(7-19)9-20/h4-5,11,20H,2-3,6-9H2,1H3,(H,18,21). The van der Waals surface area contributed by atoms with Gasteiger partial charge in [-0.05, 0) is 43.9 Å². The zero-order chi connectivity index (χ0) is 15.4. The topological polar surface area (TPSA) is 52.6 Å². The van der Waals surface area contributed by atoms with Crippen molar-refractivity contribution < 1.29 is 9.90 Å². The Bertz CT molecular complexity index is 523. The molecule has 1 unspecified atom stereocenters. The van der Waals surface area contributed by atoms with E-state index in [2.05, 4.69) is 10.2 Å². The van der Waals surface area contributed by atoms with Gasteiger partial charge in [-0.2, -0.15) is 0 Å². The average molecular weight is 331 g/mol. The molecule has 0 bridgehead atoms. The minimum absolute atomic E-state index is 0.136. The summed E-state index contributed by atoms with van der Waals surface area (Å²) < 4.78 is 0. The van der Waals surface area contributed by atoms with Gasteiger partial charge in [-0.1, -0.05) is 29.3 Å². The minimum atomic E-state index is -0.136. The number of aryl methyl sites for hydroxylation is 1. The molecule has 1 aliphatic rings. The van der Waals surface area contributed by atoms with Gasteiger partial charge in [0.2, 0.25) is 5.91 Å². The number of hydrogen-bond acceptors (Lipinski definition) is 3. The average Bonchev–Trinajstić information content (AvgIpc) is 2.48. The Balaban J connectivity index is 1.97. The number of piperidine rings is 1. The highest BCUT2D eigenvalue weighted by atomic mass is 35.5. The normalized spacial score (nSPS) is 19.5. The largest absolute Gasteiger partial charge is 0.396 e. The summed E-state index contributed by atoms with van der Waals surface area (Å²) in [6.07, 6.45) is 2.02. The highest BCUT2D eigenvalue weighted by molar-refractivity contribution is 6.40. The van der Waals surface area contributed by atoms with Gasteiger partial charge < -0.3 is 10.4 Å². The van der Waals surface area contributed by atoms with Gasteiger partial charge in [0.15, 0.2) is 0 Å². The highest BCUT2D eigenvalue weighted by Gasteiger charge is 2.21. The summed E-state index contributed by atoms with van der Waals surface area (Å²) in [5.41, 5.74) is 1.34. The Morgan fingerprint density at radius 3 is 2.95 bits per heavy atom. The SMILES string of the molecule is Cc1ccc(Cl)c(NC(=O)CN2CCCC(CO)C2)c1Cl. The van der Waals surface area contributed by atoms with Crippen LogP contribution in [0.4, 0.5) is 5.69 Å². The van der Waals surface area contributed by atoms with Crippen molar-refractivity contribution in [3.63, 3.8) is 0 Å². The van der Waals surface area contributed by atoms with Crippen molar-refractivity contribution >= 4 is 34.8 Å². The van der Waals surface area contributed by atoms with Crippen LogP contribution in [0.1, 0.15) is 18.4 Å². The van der Waals surface area contributed by atoms with E-state index in [-0.39, 0.29) is 25.0 Å². The van der Waals surface area contributed by atoms with Gasteiger partial charge in [0.25, 0.3) is 0 Å². The second-order valence-corrected chi connectivity index (χ2v) is 6.31. The van der Waals surface area contributed by atoms with E-state index in [1.165, 1.54) is 0 Å². The van der Waals surface area contributed by atoms with Crippen molar-refractivity contribution in [1.82, 2.24) is 4.90 Å². The Morgan fingerprint density at radius 2 is 2.24 bits per heavy atom. The van der Waals surface area contributed by atoms with E-state index in [0.29, 0.717) is 15.7 Å². The van der Waals surface area contributed by atoms with Gasteiger partial charge in [0, 0.05) is 13.2 Å². The number of benzene rings is 1. The molecule has 1 saturated heterocycles. The van der Waals surface area contributed by atoms with Crippen LogP contribution in [0.25, 0.3) is 0 Å². The van der Waals surface area contributed by atoms with Crippen molar-refractivity contribution in [2.45, 2.75) is 19.8 Å². The number of aliphatic hydroxyl groups is 1. The van der Waals surface area contributed by atoms with Crippen molar-refractivity contribution in [3.8, 4) is 0 Å². The van der Waals surface area contributed by atoms with E-state index in [9.17, 15) is 9.90 Å². The summed E-state index contributed by atoms with van der Waals surface area (Å²) in [5, 5.41) is 12.9. The highest BCUT2D eigenvalue weighted by Crippen LogP contribution is 2.32. The zero-order valence-electron chi connectivity index (χ0n) is 12.0. The molecule has 0 aromatic heterocycles. The number of anilines is 1. The number of carbonyl (C=O) groups excluding carboxylic acids is 1. The number of aliphatic hydroxyl groups excluding tert-OH is 1. The molecule has 6 heteroatoms. The fraction of sp³-hybridized carbons (Fsp3) is 0.533. The first kappa shape index (κ1) is 16.6. The van der Waals surface area contributed by atoms with Gasteiger partial charge in [-0.25, -0.2) is 0 Å². The first-order valence-electron chi connectivity index (χ1n) is 7.09. The van der Waals surface area contributed by atoms with Gasteiger partial charge in [-0.15, -0.1) is 0 Å². The third-order valence-corrected chi connectivity index (χ3v) is 4.58. The zero-order valence-corrected chi connectivity index (χ0v) is 13.5. The van der Waals surface area contributed by atoms with Crippen LogP contribution in [0, 0.1) is 12.8 Å². The lowest BCUT2D eigenvalue weighted by atomic mass is 9.99. The van der Waals surface area contributed by atoms with Crippen LogP contribution >= 0.6 is 23.2 Å². The molecule has 1 atom stereocenters. The molecule has 1 amide bonds. The molecule has 4 nitrogen and oxygen atoms in total. The molecule has 0 saturated carbocycles. The number of likely N-dealkylation sites (tertiary alicyclic amines) is 1. The smallest absolute Gasteiger partial charge is 0.238 e. The van der Waals surface area contributed by atoms with Crippen molar-refractivity contribution in [1.29, 1.82) is 0 Å². The minimum Gasteiger partial charge on any atom is -0.396 e. The third kappa shape index (κ3) is 4.33. The molecule has 2 N–H and O–H groups in total. The maximum Gasteiger partial charge on any atom is 0.238 e. The molecular formula is C15H20Cl2N2O2. The summed E-state index contributed by atoms with van der Waals surface area (Å²) in [6.45, 7) is 3.95. The predicted molar refractivity (Wildman–Crippen MR) is 86.1 cm³/mol. The monoisotopic (exact) mass is 330 g/mol. The molecule has 1 aromatic carbocycles. The van der Waals surface area contributed by atoms with Crippen LogP contribution < -0.4 is 5.32 Å². The maximum atomic E-state index is 12.2. The molecule has 1 fully saturated rings. The first-order chi connectivity index (χ1) is 10.0. The predicted octanol–water partition coefficient (Wildman–Crippen LogP) is 2.94. The van der Waals surface area contributed by atoms with Crippen LogP contribution in [0.5, 0.6) is 0 Å². The first-order valence-corrected chi connectivity index (χ1v) is 7.84. The molecule has 1 aromatic rings. The molecular weight excluding hydrogens is 311 g/mol. The molecule has 1 aliphatic heterocycles. The summed E-state index contributed by atoms with van der Waals surface area (Å²) in [6, 6.07) is 3.54. The molecule has 0 aliphatic carbocycles. The van der Waals surface area contributed by atoms with E-state index < -0.39 is 0 Å². The lowest BCUT2D eigenvalue weighted by molar-refractivity contribution is -0.117. The number of halogens is 2. The molecule has 2 rings (SSSR count). The Kier molecular flexibility index (Phi) is 5.88. The number of nitrogens with zero attached hydrogens (tertiary/aromatic N) is 1. The van der Waals surface area contributed by atoms with E-state index in [4.69, 9.17) is 23.2 Å². The van der Waals surface area contributed by atoms with Crippen LogP contribution in [0.2, 0.25) is 10.0 Å². The number of hydrogen-bond donors (Lipinski definition) is 2. The number of rotatable bonds is 4. The molecule has 21 heavy (non-hydrogen) atoms. The molecule has 1 heterocycles. The second kappa shape index (κ2) is 7.45. The fourth-order valence-corrected chi connectivity index (χ4v) is 3.06. The molecule has 116 valence electrons. The van der Waals surface area contributed by atoms with Crippen LogP contribution in [-0.4, -0.2) is 42.2 Å². The lowest BCUT2D eigenvalue weighted by Gasteiger charge is -2.31. The summed E-state index contributed by atoms with van der Waals surface area (Å²) in [7, 11) is 0. The molecule has 0 radical (unpaired) electrons. The van der Waals surface area contributed by atoms with Crippen molar-refractivity contribution in [2.75, 3.05) is 31.6 Å². The fourth-order valence-electron chi connectivity index (χ4n) is 2.60. The van der Waals surface area contributed by atoms with Crippen LogP contribution in [-0.2, 0) is 4.79 Å². The van der Waals surface area contributed by atoms with E-state index in [0.717, 1.165) is 31.5 Å².